The molecule has 2 aliphatic carbocycles. The minimum Gasteiger partial charge on any atom is -0.325 e. The van der Waals surface area contributed by atoms with Crippen molar-refractivity contribution >= 4 is 0 Å². The maximum atomic E-state index is 6.67. The molecule has 0 aromatic heterocycles. The van der Waals surface area contributed by atoms with E-state index >= 15 is 0 Å². The van der Waals surface area contributed by atoms with Crippen LogP contribution in [0.15, 0.2) is 0 Å². The summed E-state index contributed by atoms with van der Waals surface area (Å²) in [5.74, 6) is 2.63. The number of nitrogens with two attached hydrogens (primary N) is 1. The Labute approximate surface area is 101 Å². The fourth-order valence-corrected chi connectivity index (χ4v) is 4.46. The molecular weight excluding hydrogens is 194 g/mol. The van der Waals surface area contributed by atoms with E-state index in [4.69, 9.17) is 5.73 Å². The molecule has 2 N–H and O–H groups in total. The smallest absolute Gasteiger partial charge is 0.0162 e. The molecule has 94 valence electrons. The summed E-state index contributed by atoms with van der Waals surface area (Å²) in [7, 11) is 0. The molecule has 0 aliphatic heterocycles. The van der Waals surface area contributed by atoms with Crippen LogP contribution < -0.4 is 5.73 Å². The lowest BCUT2D eigenvalue weighted by atomic mass is 9.67. The Morgan fingerprint density at radius 2 is 1.56 bits per heavy atom. The molecule has 2 fully saturated rings. The minimum absolute atomic E-state index is 0.180. The van der Waals surface area contributed by atoms with Gasteiger partial charge in [0.25, 0.3) is 0 Å². The maximum Gasteiger partial charge on any atom is 0.0162 e. The quantitative estimate of drug-likeness (QED) is 0.749. The molecule has 0 spiro atoms. The van der Waals surface area contributed by atoms with Gasteiger partial charge in [0.2, 0.25) is 0 Å². The van der Waals surface area contributed by atoms with Crippen LogP contribution in [0.4, 0.5) is 0 Å². The van der Waals surface area contributed by atoms with E-state index < -0.39 is 0 Å². The van der Waals surface area contributed by atoms with E-state index in [9.17, 15) is 0 Å². The van der Waals surface area contributed by atoms with Gasteiger partial charge >= 0.3 is 0 Å². The molecule has 2 rings (SSSR count). The second-order valence-electron chi connectivity index (χ2n) is 6.92. The van der Waals surface area contributed by atoms with Gasteiger partial charge < -0.3 is 5.73 Å². The van der Waals surface area contributed by atoms with Gasteiger partial charge in [-0.05, 0) is 43.4 Å². The zero-order valence-corrected chi connectivity index (χ0v) is 11.2. The van der Waals surface area contributed by atoms with E-state index in [2.05, 4.69) is 13.8 Å². The highest BCUT2D eigenvalue weighted by Crippen LogP contribution is 2.40. The number of hydrogen-bond donors (Lipinski definition) is 1. The van der Waals surface area contributed by atoms with Crippen molar-refractivity contribution in [1.29, 1.82) is 0 Å². The highest BCUT2D eigenvalue weighted by molar-refractivity contribution is 4.93. The summed E-state index contributed by atoms with van der Waals surface area (Å²) in [6.45, 7) is 4.77. The van der Waals surface area contributed by atoms with Crippen LogP contribution in [0.2, 0.25) is 0 Å². The molecule has 0 aromatic rings. The third kappa shape index (κ3) is 3.23. The van der Waals surface area contributed by atoms with Gasteiger partial charge in [0.15, 0.2) is 0 Å². The summed E-state index contributed by atoms with van der Waals surface area (Å²) < 4.78 is 0. The second-order valence-corrected chi connectivity index (χ2v) is 6.92. The fraction of sp³-hybridized carbons (Fsp3) is 1.00. The lowest BCUT2D eigenvalue weighted by molar-refractivity contribution is 0.141. The molecule has 2 saturated carbocycles. The van der Waals surface area contributed by atoms with Crippen LogP contribution in [0.3, 0.4) is 0 Å². The van der Waals surface area contributed by atoms with Gasteiger partial charge in [-0.25, -0.2) is 0 Å². The van der Waals surface area contributed by atoms with Crippen LogP contribution in [0.1, 0.15) is 71.6 Å². The number of hydrogen-bond acceptors (Lipinski definition) is 1. The second kappa shape index (κ2) is 5.08. The summed E-state index contributed by atoms with van der Waals surface area (Å²) in [6, 6.07) is 0. The van der Waals surface area contributed by atoms with Gasteiger partial charge in [-0.3, -0.25) is 0 Å². The van der Waals surface area contributed by atoms with Crippen LogP contribution in [-0.4, -0.2) is 5.54 Å². The first-order chi connectivity index (χ1) is 7.57. The molecule has 0 radical (unpaired) electrons. The topological polar surface area (TPSA) is 26.0 Å². The summed E-state index contributed by atoms with van der Waals surface area (Å²) in [5.41, 5.74) is 6.85. The lowest BCUT2D eigenvalue weighted by Gasteiger charge is -2.42. The molecule has 0 saturated heterocycles. The Bertz CT molecular complexity index is 207. The molecule has 0 aromatic carbocycles. The van der Waals surface area contributed by atoms with Crippen molar-refractivity contribution in [2.75, 3.05) is 0 Å². The minimum atomic E-state index is 0.180. The first kappa shape index (κ1) is 12.4. The molecule has 1 heteroatoms. The SMILES string of the molecule is CC1CC(C)CC(N)(CC2CCCCC2)C1. The van der Waals surface area contributed by atoms with Crippen molar-refractivity contribution in [1.82, 2.24) is 0 Å². The molecular formula is C15H29N. The van der Waals surface area contributed by atoms with E-state index in [0.29, 0.717) is 0 Å². The van der Waals surface area contributed by atoms with Gasteiger partial charge in [-0.1, -0.05) is 46.0 Å². The van der Waals surface area contributed by atoms with Crippen LogP contribution in [-0.2, 0) is 0 Å². The van der Waals surface area contributed by atoms with Crippen LogP contribution >= 0.6 is 0 Å². The van der Waals surface area contributed by atoms with Gasteiger partial charge in [0, 0.05) is 5.54 Å². The summed E-state index contributed by atoms with van der Waals surface area (Å²) in [5, 5.41) is 0. The van der Waals surface area contributed by atoms with E-state index in [0.717, 1.165) is 17.8 Å². The highest BCUT2D eigenvalue weighted by Gasteiger charge is 2.36. The standard InChI is InChI=1S/C15H29N/c1-12-8-13(2)10-15(16,9-12)11-14-6-4-3-5-7-14/h12-14H,3-11,16H2,1-2H3. The number of rotatable bonds is 2. The average molecular weight is 223 g/mol. The first-order valence-corrected chi connectivity index (χ1v) is 7.36. The van der Waals surface area contributed by atoms with E-state index in [1.54, 1.807) is 0 Å². The van der Waals surface area contributed by atoms with E-state index in [-0.39, 0.29) is 5.54 Å². The molecule has 0 bridgehead atoms. The Hall–Kier alpha value is -0.0400. The molecule has 2 aliphatic rings. The molecule has 2 atom stereocenters. The van der Waals surface area contributed by atoms with Crippen LogP contribution in [0, 0.1) is 17.8 Å². The van der Waals surface area contributed by atoms with Crippen molar-refractivity contribution in [3.8, 4) is 0 Å². The zero-order valence-electron chi connectivity index (χ0n) is 11.2. The van der Waals surface area contributed by atoms with Crippen molar-refractivity contribution in [3.05, 3.63) is 0 Å². The van der Waals surface area contributed by atoms with E-state index in [1.165, 1.54) is 57.8 Å². The van der Waals surface area contributed by atoms with Crippen molar-refractivity contribution in [2.45, 2.75) is 77.2 Å². The van der Waals surface area contributed by atoms with Crippen molar-refractivity contribution < 1.29 is 0 Å². The Balaban J connectivity index is 1.90. The Kier molecular flexibility index (Phi) is 3.94. The van der Waals surface area contributed by atoms with Crippen molar-refractivity contribution in [3.63, 3.8) is 0 Å². The zero-order chi connectivity index (χ0) is 11.6. The van der Waals surface area contributed by atoms with Gasteiger partial charge in [-0.2, -0.15) is 0 Å². The summed E-state index contributed by atoms with van der Waals surface area (Å²) in [6.07, 6.45) is 12.5. The van der Waals surface area contributed by atoms with Crippen LogP contribution in [0.25, 0.3) is 0 Å². The monoisotopic (exact) mass is 223 g/mol. The van der Waals surface area contributed by atoms with Gasteiger partial charge in [-0.15, -0.1) is 0 Å². The highest BCUT2D eigenvalue weighted by atomic mass is 14.8. The van der Waals surface area contributed by atoms with Crippen molar-refractivity contribution in [2.24, 2.45) is 23.5 Å². The summed E-state index contributed by atoms with van der Waals surface area (Å²) in [4.78, 5) is 0. The largest absolute Gasteiger partial charge is 0.325 e. The summed E-state index contributed by atoms with van der Waals surface area (Å²) >= 11 is 0. The lowest BCUT2D eigenvalue weighted by Crippen LogP contribution is -2.47. The van der Waals surface area contributed by atoms with Gasteiger partial charge in [0.05, 0.1) is 0 Å². The normalized spacial score (nSPS) is 42.2. The maximum absolute atomic E-state index is 6.67. The Morgan fingerprint density at radius 3 is 2.12 bits per heavy atom. The molecule has 0 heterocycles. The third-order valence-corrected chi connectivity index (χ3v) is 4.73. The average Bonchev–Trinajstić information content (AvgIpc) is 2.15. The molecule has 0 amide bonds. The Morgan fingerprint density at radius 1 is 1.00 bits per heavy atom. The third-order valence-electron chi connectivity index (χ3n) is 4.73. The van der Waals surface area contributed by atoms with Crippen LogP contribution in [0.5, 0.6) is 0 Å². The predicted octanol–water partition coefficient (Wildman–Crippen LogP) is 4.11. The molecule has 16 heavy (non-hydrogen) atoms. The molecule has 1 nitrogen and oxygen atoms in total. The molecule has 2 unspecified atom stereocenters. The predicted molar refractivity (Wildman–Crippen MR) is 70.3 cm³/mol. The first-order valence-electron chi connectivity index (χ1n) is 7.36. The van der Waals surface area contributed by atoms with Gasteiger partial charge in [0.1, 0.15) is 0 Å². The fourth-order valence-electron chi connectivity index (χ4n) is 4.46. The van der Waals surface area contributed by atoms with E-state index in [1.807, 2.05) is 0 Å².